The average molecular weight is 277 g/mol. The molecule has 0 aliphatic carbocycles. The largest absolute Gasteiger partial charge is 0.484 e. The van der Waals surface area contributed by atoms with Crippen LogP contribution in [0.5, 0.6) is 5.75 Å². The fraction of sp³-hybridized carbons (Fsp3) is 0.562. The highest BCUT2D eigenvalue weighted by Gasteiger charge is 2.29. The molecule has 0 spiro atoms. The molecule has 1 amide bonds. The number of likely N-dealkylation sites (tertiary alicyclic amines) is 1. The molecule has 1 heterocycles. The van der Waals surface area contributed by atoms with E-state index in [0.29, 0.717) is 25.9 Å². The zero-order valence-electron chi connectivity index (χ0n) is 12.3. The molecule has 1 aliphatic rings. The van der Waals surface area contributed by atoms with Crippen molar-refractivity contribution in [1.29, 1.82) is 0 Å². The Morgan fingerprint density at radius 1 is 1.40 bits per heavy atom. The molecule has 110 valence electrons. The van der Waals surface area contributed by atoms with E-state index >= 15 is 0 Å². The van der Waals surface area contributed by atoms with E-state index in [1.165, 1.54) is 5.56 Å². The maximum atomic E-state index is 12.1. The van der Waals surface area contributed by atoms with Crippen LogP contribution in [0.15, 0.2) is 24.3 Å². The van der Waals surface area contributed by atoms with Crippen molar-refractivity contribution in [3.05, 3.63) is 29.8 Å². The Kier molecular flexibility index (Phi) is 4.65. The maximum Gasteiger partial charge on any atom is 0.260 e. The summed E-state index contributed by atoms with van der Waals surface area (Å²) in [5.74, 6) is 0.726. The van der Waals surface area contributed by atoms with Gasteiger partial charge in [0.1, 0.15) is 5.75 Å². The second-order valence-corrected chi connectivity index (χ2v) is 5.67. The first kappa shape index (κ1) is 14.9. The number of hydrogen-bond acceptors (Lipinski definition) is 3. The molecular weight excluding hydrogens is 254 g/mol. The minimum atomic E-state index is -0.632. The fourth-order valence-electron chi connectivity index (χ4n) is 2.33. The van der Waals surface area contributed by atoms with Gasteiger partial charge in [0.15, 0.2) is 6.61 Å². The summed E-state index contributed by atoms with van der Waals surface area (Å²) in [6.45, 7) is 5.18. The Morgan fingerprint density at radius 3 is 2.75 bits per heavy atom. The van der Waals surface area contributed by atoms with E-state index in [1.54, 1.807) is 4.90 Å². The molecule has 20 heavy (non-hydrogen) atoms. The van der Waals surface area contributed by atoms with E-state index in [0.717, 1.165) is 12.2 Å². The zero-order chi connectivity index (χ0) is 14.6. The van der Waals surface area contributed by atoms with Gasteiger partial charge in [0, 0.05) is 13.1 Å². The van der Waals surface area contributed by atoms with Crippen molar-refractivity contribution in [2.75, 3.05) is 19.7 Å². The number of carbonyl (C=O) groups excluding carboxylic acids is 1. The highest BCUT2D eigenvalue weighted by molar-refractivity contribution is 5.77. The van der Waals surface area contributed by atoms with E-state index in [1.807, 2.05) is 31.2 Å². The van der Waals surface area contributed by atoms with Crippen LogP contribution in [0.25, 0.3) is 0 Å². The van der Waals surface area contributed by atoms with Crippen molar-refractivity contribution >= 4 is 5.91 Å². The summed E-state index contributed by atoms with van der Waals surface area (Å²) in [4.78, 5) is 13.8. The molecule has 1 N–H and O–H groups in total. The fourth-order valence-corrected chi connectivity index (χ4v) is 2.33. The molecule has 1 fully saturated rings. The van der Waals surface area contributed by atoms with Gasteiger partial charge in [-0.1, -0.05) is 19.1 Å². The van der Waals surface area contributed by atoms with Crippen LogP contribution < -0.4 is 4.74 Å². The zero-order valence-corrected chi connectivity index (χ0v) is 12.3. The van der Waals surface area contributed by atoms with Gasteiger partial charge in [0.05, 0.1) is 5.60 Å². The van der Waals surface area contributed by atoms with E-state index < -0.39 is 5.60 Å². The van der Waals surface area contributed by atoms with Crippen LogP contribution >= 0.6 is 0 Å². The number of hydrogen-bond donors (Lipinski definition) is 1. The minimum absolute atomic E-state index is 0.0117. The van der Waals surface area contributed by atoms with Crippen LogP contribution in [0.1, 0.15) is 32.3 Å². The van der Waals surface area contributed by atoms with Gasteiger partial charge < -0.3 is 14.7 Å². The Hall–Kier alpha value is -1.55. The molecule has 0 atom stereocenters. The Balaban J connectivity index is 1.83. The van der Waals surface area contributed by atoms with Crippen LogP contribution in [0, 0.1) is 0 Å². The monoisotopic (exact) mass is 277 g/mol. The number of nitrogens with zero attached hydrogens (tertiary/aromatic N) is 1. The van der Waals surface area contributed by atoms with E-state index in [4.69, 9.17) is 4.74 Å². The van der Waals surface area contributed by atoms with Gasteiger partial charge in [-0.25, -0.2) is 0 Å². The van der Waals surface area contributed by atoms with Crippen molar-refractivity contribution in [1.82, 2.24) is 4.90 Å². The quantitative estimate of drug-likeness (QED) is 0.916. The Bertz CT molecular complexity index is 461. The second kappa shape index (κ2) is 6.27. The molecule has 1 aromatic carbocycles. The molecule has 0 unspecified atom stereocenters. The number of ether oxygens (including phenoxy) is 1. The molecule has 1 saturated heterocycles. The van der Waals surface area contributed by atoms with Crippen LogP contribution in [0.4, 0.5) is 0 Å². The van der Waals surface area contributed by atoms with Crippen molar-refractivity contribution in [3.8, 4) is 5.75 Å². The van der Waals surface area contributed by atoms with Crippen LogP contribution in [0.3, 0.4) is 0 Å². The highest BCUT2D eigenvalue weighted by Crippen LogP contribution is 2.21. The summed E-state index contributed by atoms with van der Waals surface area (Å²) in [6, 6.07) is 7.82. The third-order valence-corrected chi connectivity index (χ3v) is 3.86. The molecule has 4 heteroatoms. The third-order valence-electron chi connectivity index (χ3n) is 3.86. The summed E-state index contributed by atoms with van der Waals surface area (Å²) < 4.78 is 5.56. The number of rotatable bonds is 4. The summed E-state index contributed by atoms with van der Waals surface area (Å²) >= 11 is 0. The first-order chi connectivity index (χ1) is 9.50. The minimum Gasteiger partial charge on any atom is -0.484 e. The summed E-state index contributed by atoms with van der Waals surface area (Å²) in [7, 11) is 0. The van der Waals surface area contributed by atoms with Crippen molar-refractivity contribution in [3.63, 3.8) is 0 Å². The van der Waals surface area contributed by atoms with Crippen LogP contribution in [-0.4, -0.2) is 41.2 Å². The first-order valence-corrected chi connectivity index (χ1v) is 7.22. The molecule has 0 aromatic heterocycles. The van der Waals surface area contributed by atoms with E-state index in [2.05, 4.69) is 6.92 Å². The van der Waals surface area contributed by atoms with Gasteiger partial charge in [-0.3, -0.25) is 4.79 Å². The van der Waals surface area contributed by atoms with Crippen LogP contribution in [-0.2, 0) is 11.2 Å². The molecule has 0 saturated carbocycles. The number of piperidine rings is 1. The average Bonchev–Trinajstić information content (AvgIpc) is 2.45. The topological polar surface area (TPSA) is 49.8 Å². The normalized spacial score (nSPS) is 17.9. The Labute approximate surface area is 120 Å². The lowest BCUT2D eigenvalue weighted by Crippen LogP contribution is -2.46. The summed E-state index contributed by atoms with van der Waals surface area (Å²) in [6.07, 6.45) is 2.21. The molecular formula is C16H23NO3. The summed E-state index contributed by atoms with van der Waals surface area (Å²) in [5, 5.41) is 9.87. The predicted molar refractivity (Wildman–Crippen MR) is 77.8 cm³/mol. The van der Waals surface area contributed by atoms with Gasteiger partial charge in [0.25, 0.3) is 5.91 Å². The second-order valence-electron chi connectivity index (χ2n) is 5.67. The molecule has 1 aliphatic heterocycles. The lowest BCUT2D eigenvalue weighted by atomic mass is 9.94. The molecule has 1 aromatic rings. The number of aryl methyl sites for hydroxylation is 1. The molecule has 2 rings (SSSR count). The van der Waals surface area contributed by atoms with Gasteiger partial charge in [-0.2, -0.15) is 0 Å². The van der Waals surface area contributed by atoms with E-state index in [9.17, 15) is 9.90 Å². The number of benzene rings is 1. The lowest BCUT2D eigenvalue weighted by molar-refractivity contribution is -0.137. The van der Waals surface area contributed by atoms with Crippen molar-refractivity contribution in [2.45, 2.75) is 38.7 Å². The maximum absolute atomic E-state index is 12.1. The first-order valence-electron chi connectivity index (χ1n) is 7.22. The Morgan fingerprint density at radius 2 is 2.10 bits per heavy atom. The number of amides is 1. The number of aliphatic hydroxyl groups is 1. The van der Waals surface area contributed by atoms with Gasteiger partial charge in [-0.15, -0.1) is 0 Å². The summed E-state index contributed by atoms with van der Waals surface area (Å²) in [5.41, 5.74) is 0.566. The molecule has 0 bridgehead atoms. The predicted octanol–water partition coefficient (Wildman–Crippen LogP) is 2.00. The smallest absolute Gasteiger partial charge is 0.260 e. The SMILES string of the molecule is CCc1cccc(OCC(=O)N2CCC(C)(O)CC2)c1. The van der Waals surface area contributed by atoms with Crippen LogP contribution in [0.2, 0.25) is 0 Å². The van der Waals surface area contributed by atoms with Gasteiger partial charge in [-0.05, 0) is 43.9 Å². The molecule has 0 radical (unpaired) electrons. The molecule has 4 nitrogen and oxygen atoms in total. The standard InChI is InChI=1S/C16H23NO3/c1-3-13-5-4-6-14(11-13)20-12-15(18)17-9-7-16(2,19)8-10-17/h4-6,11,19H,3,7-10,12H2,1-2H3. The number of carbonyl (C=O) groups is 1. The van der Waals surface area contributed by atoms with Gasteiger partial charge >= 0.3 is 0 Å². The van der Waals surface area contributed by atoms with E-state index in [-0.39, 0.29) is 12.5 Å². The van der Waals surface area contributed by atoms with Crippen molar-refractivity contribution < 1.29 is 14.6 Å². The third kappa shape index (κ3) is 3.97. The lowest BCUT2D eigenvalue weighted by Gasteiger charge is -2.35. The highest BCUT2D eigenvalue weighted by atomic mass is 16.5. The van der Waals surface area contributed by atoms with Crippen molar-refractivity contribution in [2.24, 2.45) is 0 Å². The van der Waals surface area contributed by atoms with Gasteiger partial charge in [0.2, 0.25) is 0 Å².